The van der Waals surface area contributed by atoms with Gasteiger partial charge in [-0.25, -0.2) is 4.39 Å². The molecule has 0 radical (unpaired) electrons. The normalized spacial score (nSPS) is 10.4. The molecule has 2 rings (SSSR count). The highest BCUT2D eigenvalue weighted by atomic mass is 19.1. The predicted molar refractivity (Wildman–Crippen MR) is 63.0 cm³/mol. The standard InChI is InChI=1S/C14H13FO/c1-9-5-10(2)7-12(6-9)11-3-4-13(15)14(16)8-11/h3-8,16H,1-2H3. The van der Waals surface area contributed by atoms with Crippen LogP contribution in [0.2, 0.25) is 0 Å². The van der Waals surface area contributed by atoms with Gasteiger partial charge in [-0.05, 0) is 37.1 Å². The van der Waals surface area contributed by atoms with Gasteiger partial charge in [-0.1, -0.05) is 35.4 Å². The summed E-state index contributed by atoms with van der Waals surface area (Å²) in [6.07, 6.45) is 0. The van der Waals surface area contributed by atoms with Crippen molar-refractivity contribution in [3.05, 3.63) is 53.3 Å². The Kier molecular flexibility index (Phi) is 2.65. The molecule has 1 nitrogen and oxygen atoms in total. The number of phenols is 1. The van der Waals surface area contributed by atoms with Crippen LogP contribution in [0, 0.1) is 19.7 Å². The van der Waals surface area contributed by atoms with E-state index in [1.807, 2.05) is 26.0 Å². The number of hydrogen-bond donors (Lipinski definition) is 1. The first kappa shape index (κ1) is 10.7. The van der Waals surface area contributed by atoms with Crippen LogP contribution in [0.25, 0.3) is 11.1 Å². The molecule has 0 aliphatic carbocycles. The van der Waals surface area contributed by atoms with Gasteiger partial charge in [-0.2, -0.15) is 0 Å². The molecule has 0 atom stereocenters. The van der Waals surface area contributed by atoms with E-state index < -0.39 is 5.82 Å². The molecule has 0 fully saturated rings. The summed E-state index contributed by atoms with van der Waals surface area (Å²) in [5.41, 5.74) is 4.12. The second-order valence-electron chi connectivity index (χ2n) is 4.04. The average Bonchev–Trinajstić information content (AvgIpc) is 2.20. The SMILES string of the molecule is Cc1cc(C)cc(-c2ccc(F)c(O)c2)c1. The first-order valence-electron chi connectivity index (χ1n) is 5.13. The minimum atomic E-state index is -0.590. The molecule has 0 heterocycles. The molecule has 0 bridgehead atoms. The van der Waals surface area contributed by atoms with E-state index in [2.05, 4.69) is 6.07 Å². The maximum Gasteiger partial charge on any atom is 0.164 e. The summed E-state index contributed by atoms with van der Waals surface area (Å²) in [5.74, 6) is -0.898. The van der Waals surface area contributed by atoms with E-state index in [1.54, 1.807) is 6.07 Å². The minimum absolute atomic E-state index is 0.309. The summed E-state index contributed by atoms with van der Waals surface area (Å²) in [4.78, 5) is 0. The summed E-state index contributed by atoms with van der Waals surface area (Å²) in [6, 6.07) is 10.5. The molecular formula is C14H13FO. The van der Waals surface area contributed by atoms with Crippen molar-refractivity contribution >= 4 is 0 Å². The van der Waals surface area contributed by atoms with Gasteiger partial charge < -0.3 is 5.11 Å². The Hall–Kier alpha value is -1.83. The number of halogens is 1. The maximum atomic E-state index is 12.9. The Morgan fingerprint density at radius 3 is 2.06 bits per heavy atom. The Bertz CT molecular complexity index is 512. The fraction of sp³-hybridized carbons (Fsp3) is 0.143. The van der Waals surface area contributed by atoms with Gasteiger partial charge in [0, 0.05) is 0 Å². The molecule has 2 aromatic carbocycles. The first-order chi connectivity index (χ1) is 7.56. The Morgan fingerprint density at radius 1 is 0.875 bits per heavy atom. The lowest BCUT2D eigenvalue weighted by atomic mass is 10.0. The highest BCUT2D eigenvalue weighted by molar-refractivity contribution is 5.66. The van der Waals surface area contributed by atoms with Crippen LogP contribution in [-0.4, -0.2) is 5.11 Å². The van der Waals surface area contributed by atoms with Crippen LogP contribution in [0.3, 0.4) is 0 Å². The summed E-state index contributed by atoms with van der Waals surface area (Å²) in [5, 5.41) is 9.33. The monoisotopic (exact) mass is 216 g/mol. The van der Waals surface area contributed by atoms with Crippen LogP contribution < -0.4 is 0 Å². The van der Waals surface area contributed by atoms with E-state index in [9.17, 15) is 9.50 Å². The molecule has 1 N–H and O–H groups in total. The third-order valence-corrected chi connectivity index (χ3v) is 2.50. The van der Waals surface area contributed by atoms with Crippen LogP contribution >= 0.6 is 0 Å². The number of rotatable bonds is 1. The highest BCUT2D eigenvalue weighted by Crippen LogP contribution is 2.26. The second kappa shape index (κ2) is 3.97. The summed E-state index contributed by atoms with van der Waals surface area (Å²) in [7, 11) is 0. The van der Waals surface area contributed by atoms with E-state index in [-0.39, 0.29) is 5.75 Å². The van der Waals surface area contributed by atoms with Crippen molar-refractivity contribution in [3.8, 4) is 16.9 Å². The lowest BCUT2D eigenvalue weighted by Crippen LogP contribution is -1.84. The molecule has 0 unspecified atom stereocenters. The number of phenolic OH excluding ortho intramolecular Hbond substituents is 1. The zero-order chi connectivity index (χ0) is 11.7. The molecule has 16 heavy (non-hydrogen) atoms. The topological polar surface area (TPSA) is 20.2 Å². The zero-order valence-electron chi connectivity index (χ0n) is 9.29. The third kappa shape index (κ3) is 2.06. The van der Waals surface area contributed by atoms with E-state index in [0.717, 1.165) is 22.3 Å². The molecule has 0 aliphatic rings. The van der Waals surface area contributed by atoms with Gasteiger partial charge in [-0.3, -0.25) is 0 Å². The fourth-order valence-corrected chi connectivity index (χ4v) is 1.83. The van der Waals surface area contributed by atoms with Crippen molar-refractivity contribution < 1.29 is 9.50 Å². The second-order valence-corrected chi connectivity index (χ2v) is 4.04. The van der Waals surface area contributed by atoms with Gasteiger partial charge in [-0.15, -0.1) is 0 Å². The molecule has 0 amide bonds. The molecule has 0 spiro atoms. The fourth-order valence-electron chi connectivity index (χ4n) is 1.83. The van der Waals surface area contributed by atoms with Crippen LogP contribution in [0.5, 0.6) is 5.75 Å². The van der Waals surface area contributed by atoms with Crippen molar-refractivity contribution in [1.29, 1.82) is 0 Å². The molecule has 0 aliphatic heterocycles. The molecule has 0 saturated carbocycles. The first-order valence-corrected chi connectivity index (χ1v) is 5.13. The van der Waals surface area contributed by atoms with Crippen molar-refractivity contribution in [2.45, 2.75) is 13.8 Å². The van der Waals surface area contributed by atoms with Gasteiger partial charge in [0.25, 0.3) is 0 Å². The van der Waals surface area contributed by atoms with Crippen molar-refractivity contribution in [2.24, 2.45) is 0 Å². The lowest BCUT2D eigenvalue weighted by Gasteiger charge is -2.06. The van der Waals surface area contributed by atoms with Gasteiger partial charge in [0.2, 0.25) is 0 Å². The molecular weight excluding hydrogens is 203 g/mol. The van der Waals surface area contributed by atoms with Crippen molar-refractivity contribution in [3.63, 3.8) is 0 Å². The molecule has 2 aromatic rings. The molecule has 0 aromatic heterocycles. The average molecular weight is 216 g/mol. The number of aromatic hydroxyl groups is 1. The Labute approximate surface area is 94.2 Å². The quantitative estimate of drug-likeness (QED) is 0.768. The summed E-state index contributed by atoms with van der Waals surface area (Å²) in [6.45, 7) is 4.03. The van der Waals surface area contributed by atoms with Crippen molar-refractivity contribution in [1.82, 2.24) is 0 Å². The number of benzene rings is 2. The Balaban J connectivity index is 2.54. The van der Waals surface area contributed by atoms with Crippen LogP contribution in [0.15, 0.2) is 36.4 Å². The van der Waals surface area contributed by atoms with Crippen molar-refractivity contribution in [2.75, 3.05) is 0 Å². The lowest BCUT2D eigenvalue weighted by molar-refractivity contribution is 0.433. The van der Waals surface area contributed by atoms with Gasteiger partial charge in [0.05, 0.1) is 0 Å². The third-order valence-electron chi connectivity index (χ3n) is 2.50. The number of aryl methyl sites for hydroxylation is 2. The summed E-state index contributed by atoms with van der Waals surface area (Å²) >= 11 is 0. The maximum absolute atomic E-state index is 12.9. The predicted octanol–water partition coefficient (Wildman–Crippen LogP) is 3.82. The van der Waals surface area contributed by atoms with E-state index in [4.69, 9.17) is 0 Å². The molecule has 2 heteroatoms. The van der Waals surface area contributed by atoms with Crippen LogP contribution in [-0.2, 0) is 0 Å². The minimum Gasteiger partial charge on any atom is -0.505 e. The smallest absolute Gasteiger partial charge is 0.164 e. The van der Waals surface area contributed by atoms with Gasteiger partial charge >= 0.3 is 0 Å². The Morgan fingerprint density at radius 2 is 1.50 bits per heavy atom. The molecule has 82 valence electrons. The number of hydrogen-bond acceptors (Lipinski definition) is 1. The van der Waals surface area contributed by atoms with E-state index in [0.29, 0.717) is 0 Å². The van der Waals surface area contributed by atoms with Gasteiger partial charge in [0.1, 0.15) is 0 Å². The van der Waals surface area contributed by atoms with Crippen LogP contribution in [0.4, 0.5) is 4.39 Å². The van der Waals surface area contributed by atoms with Gasteiger partial charge in [0.15, 0.2) is 11.6 Å². The van der Waals surface area contributed by atoms with Crippen LogP contribution in [0.1, 0.15) is 11.1 Å². The van der Waals surface area contributed by atoms with E-state index in [1.165, 1.54) is 12.1 Å². The highest BCUT2D eigenvalue weighted by Gasteiger charge is 2.04. The van der Waals surface area contributed by atoms with E-state index >= 15 is 0 Å². The summed E-state index contributed by atoms with van der Waals surface area (Å²) < 4.78 is 12.9. The largest absolute Gasteiger partial charge is 0.505 e. The molecule has 0 saturated heterocycles. The zero-order valence-corrected chi connectivity index (χ0v) is 9.29.